The van der Waals surface area contributed by atoms with Gasteiger partial charge < -0.3 is 5.11 Å². The Morgan fingerprint density at radius 1 is 1.39 bits per heavy atom. The van der Waals surface area contributed by atoms with Crippen LogP contribution in [0.1, 0.15) is 17.5 Å². The van der Waals surface area contributed by atoms with Crippen molar-refractivity contribution in [2.45, 2.75) is 13.3 Å². The Bertz CT molecular complexity index is 571. The number of nitrogens with one attached hydrogen (secondary N) is 2. The highest BCUT2D eigenvalue weighted by atomic mass is 32.2. The standard InChI is InChI=1S/C12H16N2O3S/c1-10-6-7-11(5-3-4-8-15)9-12(10)14-18(16,17)13-2/h6-7,9,13-15H,4,8H2,1-2H3. The molecule has 3 N–H and O–H groups in total. The van der Waals surface area contributed by atoms with Gasteiger partial charge in [-0.05, 0) is 24.6 Å². The first-order valence-electron chi connectivity index (χ1n) is 5.40. The fourth-order valence-electron chi connectivity index (χ4n) is 1.23. The Hall–Kier alpha value is -1.55. The third kappa shape index (κ3) is 4.37. The molecule has 1 aromatic carbocycles. The van der Waals surface area contributed by atoms with Gasteiger partial charge in [0.15, 0.2) is 0 Å². The highest BCUT2D eigenvalue weighted by Gasteiger charge is 2.08. The summed E-state index contributed by atoms with van der Waals surface area (Å²) in [5.41, 5.74) is 1.99. The number of hydrogen-bond donors (Lipinski definition) is 3. The number of aliphatic hydroxyl groups is 1. The van der Waals surface area contributed by atoms with Crippen LogP contribution in [-0.4, -0.2) is 27.2 Å². The maximum absolute atomic E-state index is 11.4. The van der Waals surface area contributed by atoms with E-state index in [1.54, 1.807) is 25.1 Å². The molecule has 0 heterocycles. The van der Waals surface area contributed by atoms with Gasteiger partial charge in [0.2, 0.25) is 0 Å². The van der Waals surface area contributed by atoms with Crippen molar-refractivity contribution in [3.8, 4) is 11.8 Å². The Labute approximate surface area is 107 Å². The van der Waals surface area contributed by atoms with Gasteiger partial charge in [0.05, 0.1) is 12.3 Å². The van der Waals surface area contributed by atoms with Crippen LogP contribution in [-0.2, 0) is 10.2 Å². The molecule has 0 aromatic heterocycles. The second kappa shape index (κ2) is 6.40. The largest absolute Gasteiger partial charge is 0.395 e. The van der Waals surface area contributed by atoms with Crippen LogP contribution in [0.2, 0.25) is 0 Å². The van der Waals surface area contributed by atoms with Crippen molar-refractivity contribution in [2.24, 2.45) is 0 Å². The van der Waals surface area contributed by atoms with Gasteiger partial charge in [0.1, 0.15) is 0 Å². The predicted octanol–water partition coefficient (Wildman–Crippen LogP) is 0.605. The zero-order valence-electron chi connectivity index (χ0n) is 10.3. The van der Waals surface area contributed by atoms with Gasteiger partial charge in [-0.1, -0.05) is 17.9 Å². The van der Waals surface area contributed by atoms with E-state index in [4.69, 9.17) is 5.11 Å². The zero-order chi connectivity index (χ0) is 13.6. The minimum Gasteiger partial charge on any atom is -0.395 e. The number of hydrogen-bond acceptors (Lipinski definition) is 3. The Balaban J connectivity index is 2.99. The van der Waals surface area contributed by atoms with Crippen molar-refractivity contribution in [2.75, 3.05) is 18.4 Å². The maximum Gasteiger partial charge on any atom is 0.298 e. The second-order valence-electron chi connectivity index (χ2n) is 3.61. The predicted molar refractivity (Wildman–Crippen MR) is 71.4 cm³/mol. The molecule has 0 radical (unpaired) electrons. The molecule has 0 atom stereocenters. The number of benzene rings is 1. The van der Waals surface area contributed by atoms with Gasteiger partial charge in [-0.25, -0.2) is 4.72 Å². The van der Waals surface area contributed by atoms with Crippen LogP contribution in [0, 0.1) is 18.8 Å². The Morgan fingerprint density at radius 2 is 2.11 bits per heavy atom. The molecule has 0 aliphatic rings. The third-order valence-corrected chi connectivity index (χ3v) is 3.25. The first-order valence-corrected chi connectivity index (χ1v) is 6.88. The fourth-order valence-corrected chi connectivity index (χ4v) is 1.84. The summed E-state index contributed by atoms with van der Waals surface area (Å²) in [5.74, 6) is 5.63. The topological polar surface area (TPSA) is 78.4 Å². The van der Waals surface area contributed by atoms with Crippen LogP contribution in [0.4, 0.5) is 5.69 Å². The van der Waals surface area contributed by atoms with Crippen LogP contribution in [0.5, 0.6) is 0 Å². The van der Waals surface area contributed by atoms with Crippen molar-refractivity contribution < 1.29 is 13.5 Å². The average Bonchev–Trinajstić information content (AvgIpc) is 2.33. The highest BCUT2D eigenvalue weighted by molar-refractivity contribution is 7.90. The first-order chi connectivity index (χ1) is 8.48. The molecule has 5 nitrogen and oxygen atoms in total. The summed E-state index contributed by atoms with van der Waals surface area (Å²) in [6.45, 7) is 1.82. The van der Waals surface area contributed by atoms with Gasteiger partial charge in [-0.3, -0.25) is 4.72 Å². The summed E-state index contributed by atoms with van der Waals surface area (Å²) in [5, 5.41) is 8.63. The first kappa shape index (κ1) is 14.5. The fraction of sp³-hybridized carbons (Fsp3) is 0.333. The summed E-state index contributed by atoms with van der Waals surface area (Å²) >= 11 is 0. The van der Waals surface area contributed by atoms with E-state index in [0.717, 1.165) is 5.56 Å². The molecule has 0 amide bonds. The monoisotopic (exact) mass is 268 g/mol. The van der Waals surface area contributed by atoms with E-state index in [-0.39, 0.29) is 6.61 Å². The summed E-state index contributed by atoms with van der Waals surface area (Å²) in [6.07, 6.45) is 0.394. The van der Waals surface area contributed by atoms with E-state index in [1.165, 1.54) is 7.05 Å². The smallest absolute Gasteiger partial charge is 0.298 e. The summed E-state index contributed by atoms with van der Waals surface area (Å²) in [4.78, 5) is 0. The molecule has 0 bridgehead atoms. The van der Waals surface area contributed by atoms with E-state index in [1.807, 2.05) is 0 Å². The molecule has 1 aromatic rings. The summed E-state index contributed by atoms with van der Waals surface area (Å²) in [6, 6.07) is 5.25. The number of aryl methyl sites for hydroxylation is 1. The molecule has 0 fully saturated rings. The molecule has 18 heavy (non-hydrogen) atoms. The SMILES string of the molecule is CNS(=O)(=O)Nc1cc(C#CCCO)ccc1C. The van der Waals surface area contributed by atoms with Crippen molar-refractivity contribution in [3.05, 3.63) is 29.3 Å². The molecule has 0 aliphatic heterocycles. The lowest BCUT2D eigenvalue weighted by molar-refractivity contribution is 0.305. The summed E-state index contributed by atoms with van der Waals surface area (Å²) in [7, 11) is -2.19. The lowest BCUT2D eigenvalue weighted by atomic mass is 10.1. The highest BCUT2D eigenvalue weighted by Crippen LogP contribution is 2.17. The number of aliphatic hydroxyl groups excluding tert-OH is 1. The zero-order valence-corrected chi connectivity index (χ0v) is 11.1. The van der Waals surface area contributed by atoms with Crippen LogP contribution in [0.25, 0.3) is 0 Å². The molecular weight excluding hydrogens is 252 g/mol. The minimum atomic E-state index is -3.53. The summed E-state index contributed by atoms with van der Waals surface area (Å²) < 4.78 is 27.4. The Kier molecular flexibility index (Phi) is 5.16. The maximum atomic E-state index is 11.4. The number of anilines is 1. The molecule has 6 heteroatoms. The van der Waals surface area contributed by atoms with E-state index in [9.17, 15) is 8.42 Å². The molecule has 98 valence electrons. The molecule has 0 aliphatic carbocycles. The normalized spacial score (nSPS) is 10.6. The van der Waals surface area contributed by atoms with Crippen LogP contribution in [0.15, 0.2) is 18.2 Å². The average molecular weight is 268 g/mol. The lowest BCUT2D eigenvalue weighted by Gasteiger charge is -2.09. The molecule has 0 saturated heterocycles. The number of rotatable bonds is 4. The van der Waals surface area contributed by atoms with Crippen molar-refractivity contribution in [3.63, 3.8) is 0 Å². The van der Waals surface area contributed by atoms with Crippen LogP contribution >= 0.6 is 0 Å². The van der Waals surface area contributed by atoms with Gasteiger partial charge in [0.25, 0.3) is 10.2 Å². The lowest BCUT2D eigenvalue weighted by Crippen LogP contribution is -2.26. The van der Waals surface area contributed by atoms with Crippen molar-refractivity contribution in [1.82, 2.24) is 4.72 Å². The molecule has 1 rings (SSSR count). The van der Waals surface area contributed by atoms with Crippen LogP contribution in [0.3, 0.4) is 0 Å². The Morgan fingerprint density at radius 3 is 2.72 bits per heavy atom. The van der Waals surface area contributed by atoms with Gasteiger partial charge in [0, 0.05) is 19.0 Å². The van der Waals surface area contributed by atoms with E-state index in [0.29, 0.717) is 17.7 Å². The molecular formula is C12H16N2O3S. The minimum absolute atomic E-state index is 0.0120. The van der Waals surface area contributed by atoms with E-state index in [2.05, 4.69) is 21.3 Å². The quantitative estimate of drug-likeness (QED) is 0.700. The van der Waals surface area contributed by atoms with Crippen molar-refractivity contribution in [1.29, 1.82) is 0 Å². The molecule has 0 saturated carbocycles. The van der Waals surface area contributed by atoms with E-state index < -0.39 is 10.2 Å². The molecule has 0 unspecified atom stereocenters. The molecule has 0 spiro atoms. The van der Waals surface area contributed by atoms with E-state index >= 15 is 0 Å². The van der Waals surface area contributed by atoms with Crippen LogP contribution < -0.4 is 9.44 Å². The van der Waals surface area contributed by atoms with Gasteiger partial charge in [-0.2, -0.15) is 8.42 Å². The van der Waals surface area contributed by atoms with Gasteiger partial charge in [-0.15, -0.1) is 0 Å². The van der Waals surface area contributed by atoms with Crippen molar-refractivity contribution >= 4 is 15.9 Å². The second-order valence-corrected chi connectivity index (χ2v) is 5.23. The van der Waals surface area contributed by atoms with Gasteiger partial charge >= 0.3 is 0 Å². The third-order valence-electron chi connectivity index (χ3n) is 2.22.